The van der Waals surface area contributed by atoms with E-state index in [1.807, 2.05) is 37.5 Å². The summed E-state index contributed by atoms with van der Waals surface area (Å²) in [5, 5.41) is 40.6. The molecule has 10 unspecified atom stereocenters. The number of carbonyl (C=O) groups is 2. The number of hydrogen-bond acceptors (Lipinski definition) is 11. The maximum absolute atomic E-state index is 12.0. The molecule has 4 aliphatic carbocycles. The van der Waals surface area contributed by atoms with E-state index in [4.69, 9.17) is 19.6 Å². The van der Waals surface area contributed by atoms with Crippen molar-refractivity contribution in [3.63, 3.8) is 0 Å². The van der Waals surface area contributed by atoms with Gasteiger partial charge in [0.25, 0.3) is 0 Å². The molecule has 14 heteroatoms. The first-order chi connectivity index (χ1) is 31.0. The third kappa shape index (κ3) is 10.6. The number of nitrogens with one attached hydrogen (secondary N) is 2. The average Bonchev–Trinajstić information content (AvgIpc) is 3.89. The number of aliphatic hydroxyl groups is 2. The summed E-state index contributed by atoms with van der Waals surface area (Å²) in [5.41, 5.74) is 5.85. The van der Waals surface area contributed by atoms with Gasteiger partial charge in [-0.15, -0.1) is 0 Å². The number of carbonyl (C=O) groups excluding carboxylic acids is 1. The Balaban J connectivity index is 0.000000194. The molecule has 4 aliphatic rings. The standard InChI is InChI=1S/C26H43NO5.C25H30N6O2/c1-15(4-7-22(30)27-14-23(31)32)18-5-6-19-24-20(9-11-26(18,19)3)25(2)10-8-17(28)12-16(25)13-21(24)29;1-17(2)26-8-9-31(20-10-21(32-4)13-22(11-20)33-5)19-6-7-23-24(12-19)29-25(15-27-23)18-14-28-30(3)16-18/h15-21,24,28-29H,4-14H2,1-3H3,(H,27,30)(H,31,32);6-7,10-17,26H,8-9H2,1-5H3. The lowest BCUT2D eigenvalue weighted by Crippen LogP contribution is -2.58. The molecular weight excluding hydrogens is 823 g/mol. The number of aromatic nitrogens is 4. The Bertz CT molecular complexity index is 2250. The second-order valence-corrected chi connectivity index (χ2v) is 20.3. The Labute approximate surface area is 384 Å². The van der Waals surface area contributed by atoms with Crippen LogP contribution in [0, 0.1) is 46.3 Å². The number of nitrogens with zero attached hydrogens (tertiary/aromatic N) is 5. The number of aliphatic hydroxyl groups excluding tert-OH is 2. The second-order valence-electron chi connectivity index (χ2n) is 20.3. The number of methoxy groups -OCH3 is 2. The molecule has 0 bridgehead atoms. The van der Waals surface area contributed by atoms with Crippen molar-refractivity contribution < 1.29 is 34.4 Å². The maximum Gasteiger partial charge on any atom is 0.322 e. The molecule has 2 aromatic carbocycles. The van der Waals surface area contributed by atoms with Crippen molar-refractivity contribution in [1.82, 2.24) is 30.4 Å². The number of anilines is 2. The Morgan fingerprint density at radius 1 is 0.908 bits per heavy atom. The molecule has 0 saturated heterocycles. The Morgan fingerprint density at radius 3 is 2.31 bits per heavy atom. The largest absolute Gasteiger partial charge is 0.497 e. The number of aryl methyl sites for hydroxylation is 1. The van der Waals surface area contributed by atoms with Crippen molar-refractivity contribution in [1.29, 1.82) is 0 Å². The molecule has 4 aromatic rings. The fourth-order valence-corrected chi connectivity index (χ4v) is 12.7. The van der Waals surface area contributed by atoms with E-state index in [1.165, 1.54) is 12.8 Å². The smallest absolute Gasteiger partial charge is 0.322 e. The minimum atomic E-state index is -1.01. The number of amides is 1. The highest BCUT2D eigenvalue weighted by Crippen LogP contribution is 2.68. The number of rotatable bonds is 15. The summed E-state index contributed by atoms with van der Waals surface area (Å²) in [4.78, 5) is 34.4. The van der Waals surface area contributed by atoms with E-state index in [0.29, 0.717) is 48.0 Å². The van der Waals surface area contributed by atoms with Crippen LogP contribution in [0.25, 0.3) is 22.3 Å². The second kappa shape index (κ2) is 20.4. The molecule has 354 valence electrons. The highest BCUT2D eigenvalue weighted by atomic mass is 16.5. The number of hydrogen-bond donors (Lipinski definition) is 5. The number of carboxylic acid groups (broad SMARTS) is 1. The van der Waals surface area contributed by atoms with E-state index >= 15 is 0 Å². The normalized spacial score (nSPS) is 28.6. The quantitative estimate of drug-likeness (QED) is 0.0783. The van der Waals surface area contributed by atoms with Crippen LogP contribution >= 0.6 is 0 Å². The molecule has 0 aliphatic heterocycles. The monoisotopic (exact) mass is 896 g/mol. The third-order valence-electron chi connectivity index (χ3n) is 16.1. The zero-order valence-corrected chi connectivity index (χ0v) is 39.8. The van der Waals surface area contributed by atoms with Crippen molar-refractivity contribution in [2.24, 2.45) is 53.4 Å². The van der Waals surface area contributed by atoms with E-state index in [9.17, 15) is 19.8 Å². The number of ether oxygens (including phenoxy) is 2. The zero-order valence-electron chi connectivity index (χ0n) is 39.8. The van der Waals surface area contributed by atoms with Crippen LogP contribution < -0.4 is 25.0 Å². The number of aliphatic carboxylic acids is 1. The van der Waals surface area contributed by atoms with E-state index in [-0.39, 0.29) is 35.5 Å². The zero-order chi connectivity index (χ0) is 46.6. The molecule has 14 nitrogen and oxygen atoms in total. The van der Waals surface area contributed by atoms with Crippen molar-refractivity contribution in [2.45, 2.75) is 117 Å². The maximum atomic E-state index is 12.0. The lowest BCUT2D eigenvalue weighted by atomic mass is 9.43. The van der Waals surface area contributed by atoms with Crippen LogP contribution in [0.5, 0.6) is 11.5 Å². The summed E-state index contributed by atoms with van der Waals surface area (Å²) in [6, 6.07) is 12.5. The lowest BCUT2D eigenvalue weighted by molar-refractivity contribution is -0.174. The van der Waals surface area contributed by atoms with E-state index in [1.54, 1.807) is 31.3 Å². The van der Waals surface area contributed by atoms with Crippen LogP contribution in [0.15, 0.2) is 55.0 Å². The summed E-state index contributed by atoms with van der Waals surface area (Å²) >= 11 is 0. The van der Waals surface area contributed by atoms with Crippen molar-refractivity contribution in [3.05, 3.63) is 55.0 Å². The van der Waals surface area contributed by atoms with Crippen LogP contribution in [0.3, 0.4) is 0 Å². The van der Waals surface area contributed by atoms with Gasteiger partial charge in [0, 0.05) is 73.9 Å². The SMILES string of the molecule is CC(CCC(=O)NCC(=O)O)C1CCC2C3C(O)CC4CC(O)CCC4(C)C3CCC12C.COc1cc(OC)cc(N(CCNC(C)C)c2ccc3ncc(-c4cnn(C)c4)nc3c2)c1. The fourth-order valence-electron chi connectivity index (χ4n) is 12.7. The predicted molar refractivity (Wildman–Crippen MR) is 253 cm³/mol. The van der Waals surface area contributed by atoms with Gasteiger partial charge >= 0.3 is 5.97 Å². The van der Waals surface area contributed by atoms with Gasteiger partial charge in [-0.2, -0.15) is 5.10 Å². The van der Waals surface area contributed by atoms with Gasteiger partial charge in [0.1, 0.15) is 18.0 Å². The molecule has 10 atom stereocenters. The molecule has 1 amide bonds. The van der Waals surface area contributed by atoms with Gasteiger partial charge in [-0.3, -0.25) is 19.3 Å². The minimum absolute atomic E-state index is 0.177. The van der Waals surface area contributed by atoms with E-state index in [0.717, 1.165) is 103 Å². The highest BCUT2D eigenvalue weighted by molar-refractivity contribution is 5.83. The summed E-state index contributed by atoms with van der Waals surface area (Å²) < 4.78 is 12.8. The Hall–Kier alpha value is -4.79. The predicted octanol–water partition coefficient (Wildman–Crippen LogP) is 7.78. The lowest BCUT2D eigenvalue weighted by Gasteiger charge is -2.62. The number of fused-ring (bicyclic) bond motifs is 6. The minimum Gasteiger partial charge on any atom is -0.497 e. The Morgan fingerprint density at radius 2 is 1.63 bits per heavy atom. The molecule has 65 heavy (non-hydrogen) atoms. The topological polar surface area (TPSA) is 184 Å². The molecule has 4 saturated carbocycles. The molecular formula is C51H73N7O7. The van der Waals surface area contributed by atoms with Gasteiger partial charge in [-0.05, 0) is 122 Å². The molecule has 2 aromatic heterocycles. The van der Waals surface area contributed by atoms with Crippen LogP contribution in [-0.4, -0.2) is 99.0 Å². The molecule has 0 spiro atoms. The first-order valence-corrected chi connectivity index (χ1v) is 23.9. The summed E-state index contributed by atoms with van der Waals surface area (Å²) in [6.07, 6.45) is 14.6. The van der Waals surface area contributed by atoms with Gasteiger partial charge in [-0.25, -0.2) is 4.98 Å². The number of benzene rings is 2. The van der Waals surface area contributed by atoms with E-state index < -0.39 is 5.97 Å². The van der Waals surface area contributed by atoms with Gasteiger partial charge in [-0.1, -0.05) is 34.6 Å². The van der Waals surface area contributed by atoms with Crippen molar-refractivity contribution in [2.75, 3.05) is 38.8 Å². The third-order valence-corrected chi connectivity index (χ3v) is 16.1. The summed E-state index contributed by atoms with van der Waals surface area (Å²) in [6.45, 7) is 12.7. The van der Waals surface area contributed by atoms with Crippen LogP contribution in [0.2, 0.25) is 0 Å². The molecule has 4 fully saturated rings. The van der Waals surface area contributed by atoms with Gasteiger partial charge in [0.2, 0.25) is 5.91 Å². The Kier molecular flexibility index (Phi) is 15.1. The summed E-state index contributed by atoms with van der Waals surface area (Å²) in [7, 11) is 5.21. The van der Waals surface area contributed by atoms with Crippen molar-refractivity contribution >= 4 is 34.3 Å². The van der Waals surface area contributed by atoms with E-state index in [2.05, 4.69) is 72.4 Å². The van der Waals surface area contributed by atoms with Gasteiger partial charge in [0.15, 0.2) is 0 Å². The van der Waals surface area contributed by atoms with Crippen LogP contribution in [0.4, 0.5) is 11.4 Å². The molecule has 0 radical (unpaired) electrons. The van der Waals surface area contributed by atoms with Crippen LogP contribution in [-0.2, 0) is 16.6 Å². The first kappa shape index (κ1) is 48.2. The van der Waals surface area contributed by atoms with Crippen LogP contribution in [0.1, 0.15) is 98.8 Å². The molecule has 8 rings (SSSR count). The fraction of sp³-hybridized carbons (Fsp3) is 0.627. The molecule has 5 N–H and O–H groups in total. The average molecular weight is 896 g/mol. The van der Waals surface area contributed by atoms with Crippen molar-refractivity contribution in [3.8, 4) is 22.8 Å². The number of carboxylic acids is 1. The molecule has 2 heterocycles. The highest BCUT2D eigenvalue weighted by Gasteiger charge is 2.62. The van der Waals surface area contributed by atoms with Gasteiger partial charge < -0.3 is 40.3 Å². The van der Waals surface area contributed by atoms with Gasteiger partial charge in [0.05, 0.1) is 55.5 Å². The first-order valence-electron chi connectivity index (χ1n) is 23.9. The summed E-state index contributed by atoms with van der Waals surface area (Å²) in [5.74, 6) is 3.14.